The number of benzene rings is 2. The van der Waals surface area contributed by atoms with Gasteiger partial charge in [-0.1, -0.05) is 38.1 Å². The molecule has 0 radical (unpaired) electrons. The highest BCUT2D eigenvalue weighted by molar-refractivity contribution is 5.89. The normalized spacial score (nSPS) is 11.9. The molecule has 0 saturated carbocycles. The molecule has 2 rings (SSSR count). The summed E-state index contributed by atoms with van der Waals surface area (Å²) in [5.74, 6) is 0.838. The van der Waals surface area contributed by atoms with Gasteiger partial charge in [0.15, 0.2) is 6.61 Å². The first-order valence-electron chi connectivity index (χ1n) is 10.3. The van der Waals surface area contributed by atoms with Gasteiger partial charge in [0.1, 0.15) is 11.5 Å². The summed E-state index contributed by atoms with van der Waals surface area (Å²) in [5, 5.41) is 2.84. The molecule has 0 aliphatic heterocycles. The third-order valence-corrected chi connectivity index (χ3v) is 4.69. The van der Waals surface area contributed by atoms with Gasteiger partial charge in [0.2, 0.25) is 0 Å². The van der Waals surface area contributed by atoms with Gasteiger partial charge in [-0.2, -0.15) is 0 Å². The van der Waals surface area contributed by atoms with E-state index in [1.54, 1.807) is 31.4 Å². The Morgan fingerprint density at radius 1 is 1.00 bits per heavy atom. The van der Waals surface area contributed by atoms with E-state index in [2.05, 4.69) is 31.3 Å². The molecule has 0 aliphatic carbocycles. The average molecular weight is 426 g/mol. The molecule has 1 amide bonds. The fourth-order valence-corrected chi connectivity index (χ4v) is 3.08. The van der Waals surface area contributed by atoms with Crippen LogP contribution in [0.15, 0.2) is 48.5 Å². The van der Waals surface area contributed by atoms with Gasteiger partial charge in [0.25, 0.3) is 5.91 Å². The second-order valence-corrected chi connectivity index (χ2v) is 7.68. The first-order valence-corrected chi connectivity index (χ1v) is 10.3. The summed E-state index contributed by atoms with van der Waals surface area (Å²) in [5.41, 5.74) is 2.96. The molecule has 0 unspecified atom stereocenters. The molecule has 0 spiro atoms. The van der Waals surface area contributed by atoms with E-state index in [4.69, 9.17) is 14.2 Å². The van der Waals surface area contributed by atoms with Gasteiger partial charge in [-0.05, 0) is 48.6 Å². The molecule has 166 valence electrons. The second kappa shape index (κ2) is 11.8. The van der Waals surface area contributed by atoms with E-state index in [1.807, 2.05) is 19.1 Å². The van der Waals surface area contributed by atoms with Crippen molar-refractivity contribution in [1.82, 2.24) is 5.32 Å². The Morgan fingerprint density at radius 3 is 2.32 bits per heavy atom. The van der Waals surface area contributed by atoms with Crippen LogP contribution in [0, 0.1) is 5.92 Å². The first kappa shape index (κ1) is 24.0. The lowest BCUT2D eigenvalue weighted by molar-refractivity contribution is -0.144. The van der Waals surface area contributed by atoms with Crippen molar-refractivity contribution in [3.8, 4) is 11.5 Å². The Hall–Kier alpha value is -3.28. The zero-order valence-electron chi connectivity index (χ0n) is 18.8. The van der Waals surface area contributed by atoms with Crippen LogP contribution in [0.2, 0.25) is 0 Å². The Bertz CT molecular complexity index is 903. The molecule has 2 aromatic rings. The van der Waals surface area contributed by atoms with Crippen molar-refractivity contribution < 1.29 is 23.8 Å². The van der Waals surface area contributed by atoms with Crippen molar-refractivity contribution in [3.05, 3.63) is 65.2 Å². The Balaban J connectivity index is 1.84. The molecule has 0 saturated heterocycles. The molecule has 31 heavy (non-hydrogen) atoms. The molecule has 0 aliphatic rings. The van der Waals surface area contributed by atoms with Gasteiger partial charge >= 0.3 is 5.97 Å². The van der Waals surface area contributed by atoms with Crippen LogP contribution in [0.1, 0.15) is 43.5 Å². The molecule has 2 aromatic carbocycles. The summed E-state index contributed by atoms with van der Waals surface area (Å²) >= 11 is 0. The van der Waals surface area contributed by atoms with Crippen molar-refractivity contribution in [2.24, 2.45) is 5.92 Å². The Kier molecular flexibility index (Phi) is 9.13. The number of methoxy groups -OCH3 is 2. The molecule has 6 heteroatoms. The quantitative estimate of drug-likeness (QED) is 0.453. The van der Waals surface area contributed by atoms with E-state index in [9.17, 15) is 9.59 Å². The van der Waals surface area contributed by atoms with Gasteiger partial charge in [-0.3, -0.25) is 4.79 Å². The summed E-state index contributed by atoms with van der Waals surface area (Å²) in [6.45, 7) is 5.91. The van der Waals surface area contributed by atoms with Crippen LogP contribution in [0.5, 0.6) is 11.5 Å². The maximum atomic E-state index is 12.1. The minimum absolute atomic E-state index is 0.182. The topological polar surface area (TPSA) is 73.9 Å². The number of hydrogen-bond acceptors (Lipinski definition) is 5. The highest BCUT2D eigenvalue weighted by Gasteiger charge is 2.12. The van der Waals surface area contributed by atoms with Crippen LogP contribution in [0.4, 0.5) is 0 Å². The van der Waals surface area contributed by atoms with E-state index in [0.717, 1.165) is 12.0 Å². The van der Waals surface area contributed by atoms with Crippen molar-refractivity contribution in [2.75, 3.05) is 20.8 Å². The van der Waals surface area contributed by atoms with Gasteiger partial charge in [-0.25, -0.2) is 4.79 Å². The van der Waals surface area contributed by atoms with Gasteiger partial charge in [0.05, 0.1) is 20.3 Å². The zero-order chi connectivity index (χ0) is 22.8. The van der Waals surface area contributed by atoms with E-state index >= 15 is 0 Å². The molecule has 0 fully saturated rings. The Morgan fingerprint density at radius 2 is 1.71 bits per heavy atom. The second-order valence-electron chi connectivity index (χ2n) is 7.68. The molecule has 0 bridgehead atoms. The maximum Gasteiger partial charge on any atom is 0.331 e. The first-order chi connectivity index (χ1) is 14.8. The van der Waals surface area contributed by atoms with Crippen molar-refractivity contribution in [2.45, 2.75) is 33.2 Å². The number of carbonyl (C=O) groups excluding carboxylic acids is 2. The predicted molar refractivity (Wildman–Crippen MR) is 121 cm³/mol. The molecular weight excluding hydrogens is 394 g/mol. The van der Waals surface area contributed by atoms with E-state index in [0.29, 0.717) is 23.0 Å². The third-order valence-electron chi connectivity index (χ3n) is 4.69. The van der Waals surface area contributed by atoms with Crippen molar-refractivity contribution in [1.29, 1.82) is 0 Å². The molecule has 0 aromatic heterocycles. The number of esters is 1. The van der Waals surface area contributed by atoms with Crippen LogP contribution < -0.4 is 14.8 Å². The summed E-state index contributed by atoms with van der Waals surface area (Å²) < 4.78 is 15.5. The molecular formula is C25H31NO5. The van der Waals surface area contributed by atoms with Crippen LogP contribution in [-0.4, -0.2) is 32.7 Å². The van der Waals surface area contributed by atoms with Crippen LogP contribution in [0.25, 0.3) is 6.08 Å². The average Bonchev–Trinajstić information content (AvgIpc) is 2.76. The largest absolute Gasteiger partial charge is 0.497 e. The number of amides is 1. The number of nitrogens with one attached hydrogen (secondary N) is 1. The van der Waals surface area contributed by atoms with Crippen molar-refractivity contribution in [3.63, 3.8) is 0 Å². The zero-order valence-corrected chi connectivity index (χ0v) is 18.8. The number of rotatable bonds is 10. The summed E-state index contributed by atoms with van der Waals surface area (Å²) in [4.78, 5) is 24.1. The monoisotopic (exact) mass is 425 g/mol. The van der Waals surface area contributed by atoms with Crippen LogP contribution >= 0.6 is 0 Å². The number of hydrogen-bond donors (Lipinski definition) is 1. The molecule has 1 atom stereocenters. The number of carbonyl (C=O) groups is 2. The maximum absolute atomic E-state index is 12.1. The van der Waals surface area contributed by atoms with E-state index < -0.39 is 5.97 Å². The lowest BCUT2D eigenvalue weighted by Gasteiger charge is -2.15. The fourth-order valence-electron chi connectivity index (χ4n) is 3.08. The van der Waals surface area contributed by atoms with Crippen molar-refractivity contribution >= 4 is 18.0 Å². The smallest absolute Gasteiger partial charge is 0.331 e. The van der Waals surface area contributed by atoms with E-state index in [1.165, 1.54) is 18.7 Å². The minimum atomic E-state index is -0.612. The van der Waals surface area contributed by atoms with Gasteiger partial charge < -0.3 is 19.5 Å². The van der Waals surface area contributed by atoms with Crippen LogP contribution in [0.3, 0.4) is 0 Å². The Labute approximate surface area is 184 Å². The molecule has 6 nitrogen and oxygen atoms in total. The SMILES string of the molecule is COc1ccc(/C=C/C(=O)OCC(=O)N[C@@H](C)c2ccc(CC(C)C)cc2)c(OC)c1. The lowest BCUT2D eigenvalue weighted by atomic mass is 10.00. The third kappa shape index (κ3) is 7.81. The summed E-state index contributed by atoms with van der Waals surface area (Å²) in [7, 11) is 3.10. The van der Waals surface area contributed by atoms with Gasteiger partial charge in [0, 0.05) is 17.7 Å². The fraction of sp³-hybridized carbons (Fsp3) is 0.360. The predicted octanol–water partition coefficient (Wildman–Crippen LogP) is 4.34. The van der Waals surface area contributed by atoms with Crippen LogP contribution in [-0.2, 0) is 20.7 Å². The molecule has 0 heterocycles. The highest BCUT2D eigenvalue weighted by atomic mass is 16.5. The number of ether oxygens (including phenoxy) is 3. The summed E-state index contributed by atoms with van der Waals surface area (Å²) in [6, 6.07) is 13.2. The van der Waals surface area contributed by atoms with E-state index in [-0.39, 0.29) is 18.6 Å². The summed E-state index contributed by atoms with van der Waals surface area (Å²) in [6.07, 6.45) is 3.85. The van der Waals surface area contributed by atoms with Gasteiger partial charge in [-0.15, -0.1) is 0 Å². The highest BCUT2D eigenvalue weighted by Crippen LogP contribution is 2.25. The molecule has 1 N–H and O–H groups in total. The minimum Gasteiger partial charge on any atom is -0.497 e. The standard InChI is InChI=1S/C25H31NO5/c1-17(2)14-19-6-8-20(9-7-19)18(3)26-24(27)16-31-25(28)13-11-21-10-12-22(29-4)15-23(21)30-5/h6-13,15,17-18H,14,16H2,1-5H3,(H,26,27)/b13-11+/t18-/m0/s1. The lowest BCUT2D eigenvalue weighted by Crippen LogP contribution is -2.30.